The zero-order valence-corrected chi connectivity index (χ0v) is 12.7. The van der Waals surface area contributed by atoms with Gasteiger partial charge in [-0.05, 0) is 24.7 Å². The molecular weight excluding hydrogens is 260 g/mol. The standard InChI is InChI=1S/C17H22N4/c1-3-17(9-10-17)12-19-15-11-14(18-2)20-16(21-15)13-7-5-4-6-8-13/h4-8,11H,3,9-10,12H2,1-2H3,(H2,18,19,20,21). The van der Waals surface area contributed by atoms with Crippen molar-refractivity contribution in [1.29, 1.82) is 0 Å². The fraction of sp³-hybridized carbons (Fsp3) is 0.412. The predicted octanol–water partition coefficient (Wildman–Crippen LogP) is 3.79. The topological polar surface area (TPSA) is 49.8 Å². The Morgan fingerprint density at radius 1 is 1.10 bits per heavy atom. The van der Waals surface area contributed by atoms with Crippen LogP contribution in [0.5, 0.6) is 0 Å². The van der Waals surface area contributed by atoms with Crippen LogP contribution >= 0.6 is 0 Å². The van der Waals surface area contributed by atoms with Gasteiger partial charge in [0.15, 0.2) is 5.82 Å². The van der Waals surface area contributed by atoms with Gasteiger partial charge in [0.25, 0.3) is 0 Å². The molecule has 1 heterocycles. The summed E-state index contributed by atoms with van der Waals surface area (Å²) >= 11 is 0. The highest BCUT2D eigenvalue weighted by atomic mass is 15.1. The summed E-state index contributed by atoms with van der Waals surface area (Å²) in [5.41, 5.74) is 1.53. The third kappa shape index (κ3) is 3.15. The minimum absolute atomic E-state index is 0.498. The zero-order chi connectivity index (χ0) is 14.7. The van der Waals surface area contributed by atoms with E-state index in [4.69, 9.17) is 0 Å². The summed E-state index contributed by atoms with van der Waals surface area (Å²) in [6, 6.07) is 12.1. The molecule has 2 aromatic rings. The van der Waals surface area contributed by atoms with Crippen LogP contribution in [0.1, 0.15) is 26.2 Å². The normalized spacial score (nSPS) is 15.5. The van der Waals surface area contributed by atoms with Crippen molar-refractivity contribution in [3.63, 3.8) is 0 Å². The van der Waals surface area contributed by atoms with Gasteiger partial charge in [-0.1, -0.05) is 37.3 Å². The van der Waals surface area contributed by atoms with E-state index in [2.05, 4.69) is 27.5 Å². The molecule has 1 aromatic carbocycles. The number of anilines is 2. The largest absolute Gasteiger partial charge is 0.373 e. The van der Waals surface area contributed by atoms with E-state index in [9.17, 15) is 0 Å². The van der Waals surface area contributed by atoms with Crippen molar-refractivity contribution in [3.8, 4) is 11.4 Å². The molecule has 110 valence electrons. The molecule has 1 aliphatic carbocycles. The van der Waals surface area contributed by atoms with Crippen molar-refractivity contribution in [2.45, 2.75) is 26.2 Å². The highest BCUT2D eigenvalue weighted by Gasteiger charge is 2.40. The Morgan fingerprint density at radius 3 is 2.43 bits per heavy atom. The molecule has 4 heteroatoms. The lowest BCUT2D eigenvalue weighted by Gasteiger charge is -2.15. The molecule has 0 unspecified atom stereocenters. The molecule has 1 fully saturated rings. The predicted molar refractivity (Wildman–Crippen MR) is 87.5 cm³/mol. The summed E-state index contributed by atoms with van der Waals surface area (Å²) in [6.45, 7) is 3.26. The minimum atomic E-state index is 0.498. The van der Waals surface area contributed by atoms with Crippen molar-refractivity contribution in [2.75, 3.05) is 24.2 Å². The second kappa shape index (κ2) is 5.72. The third-order valence-electron chi connectivity index (χ3n) is 4.37. The van der Waals surface area contributed by atoms with Crippen LogP contribution in [0.15, 0.2) is 36.4 Å². The van der Waals surface area contributed by atoms with Crippen LogP contribution in [-0.2, 0) is 0 Å². The van der Waals surface area contributed by atoms with Crippen molar-refractivity contribution in [1.82, 2.24) is 9.97 Å². The number of rotatable bonds is 6. The van der Waals surface area contributed by atoms with Gasteiger partial charge in [-0.3, -0.25) is 0 Å². The van der Waals surface area contributed by atoms with E-state index >= 15 is 0 Å². The Balaban J connectivity index is 1.83. The Labute approximate surface area is 126 Å². The van der Waals surface area contributed by atoms with Gasteiger partial charge in [0.05, 0.1) is 0 Å². The van der Waals surface area contributed by atoms with Crippen LogP contribution in [0.4, 0.5) is 11.6 Å². The lowest BCUT2D eigenvalue weighted by molar-refractivity contribution is 0.520. The summed E-state index contributed by atoms with van der Waals surface area (Å²) in [5, 5.41) is 6.61. The van der Waals surface area contributed by atoms with Gasteiger partial charge in [0.2, 0.25) is 0 Å². The molecule has 0 atom stereocenters. The molecule has 0 saturated heterocycles. The smallest absolute Gasteiger partial charge is 0.163 e. The van der Waals surface area contributed by atoms with Gasteiger partial charge in [0.1, 0.15) is 11.6 Å². The van der Waals surface area contributed by atoms with Gasteiger partial charge in [-0.2, -0.15) is 0 Å². The quantitative estimate of drug-likeness (QED) is 0.846. The Hall–Kier alpha value is -2.10. The van der Waals surface area contributed by atoms with E-state index in [1.54, 1.807) is 0 Å². The van der Waals surface area contributed by atoms with Crippen LogP contribution in [0.2, 0.25) is 0 Å². The Kier molecular flexibility index (Phi) is 3.78. The molecule has 0 aliphatic heterocycles. The molecule has 0 spiro atoms. The van der Waals surface area contributed by atoms with Gasteiger partial charge in [-0.15, -0.1) is 0 Å². The number of benzene rings is 1. The average Bonchev–Trinajstić information content (AvgIpc) is 3.34. The van der Waals surface area contributed by atoms with Crippen LogP contribution in [0, 0.1) is 5.41 Å². The molecule has 1 aromatic heterocycles. The molecule has 4 nitrogen and oxygen atoms in total. The number of hydrogen-bond donors (Lipinski definition) is 2. The summed E-state index contributed by atoms with van der Waals surface area (Å²) in [5.74, 6) is 2.49. The summed E-state index contributed by atoms with van der Waals surface area (Å²) in [7, 11) is 1.88. The fourth-order valence-electron chi connectivity index (χ4n) is 2.49. The minimum Gasteiger partial charge on any atom is -0.373 e. The maximum atomic E-state index is 4.65. The van der Waals surface area contributed by atoms with E-state index in [-0.39, 0.29) is 0 Å². The van der Waals surface area contributed by atoms with Crippen molar-refractivity contribution < 1.29 is 0 Å². The molecule has 0 amide bonds. The van der Waals surface area contributed by atoms with Crippen LogP contribution < -0.4 is 10.6 Å². The lowest BCUT2D eigenvalue weighted by Crippen LogP contribution is -2.15. The van der Waals surface area contributed by atoms with E-state index in [1.807, 2.05) is 43.4 Å². The summed E-state index contributed by atoms with van der Waals surface area (Å²) in [4.78, 5) is 9.19. The maximum absolute atomic E-state index is 4.65. The first-order chi connectivity index (χ1) is 10.2. The van der Waals surface area contributed by atoms with Crippen molar-refractivity contribution >= 4 is 11.6 Å². The monoisotopic (exact) mass is 282 g/mol. The Morgan fingerprint density at radius 2 is 1.81 bits per heavy atom. The van der Waals surface area contributed by atoms with Crippen LogP contribution in [0.25, 0.3) is 11.4 Å². The SMILES string of the molecule is CCC1(CNc2cc(NC)nc(-c3ccccc3)n2)CC1. The fourth-order valence-corrected chi connectivity index (χ4v) is 2.49. The first-order valence-corrected chi connectivity index (χ1v) is 7.61. The van der Waals surface area contributed by atoms with Gasteiger partial charge < -0.3 is 10.6 Å². The van der Waals surface area contributed by atoms with Crippen molar-refractivity contribution in [2.24, 2.45) is 5.41 Å². The van der Waals surface area contributed by atoms with E-state index in [0.29, 0.717) is 5.41 Å². The highest BCUT2D eigenvalue weighted by Crippen LogP contribution is 2.48. The number of nitrogens with zero attached hydrogens (tertiary/aromatic N) is 2. The summed E-state index contributed by atoms with van der Waals surface area (Å²) in [6.07, 6.45) is 3.88. The molecule has 3 rings (SSSR count). The Bertz CT molecular complexity index is 605. The van der Waals surface area contributed by atoms with Gasteiger partial charge in [-0.25, -0.2) is 9.97 Å². The molecule has 0 radical (unpaired) electrons. The van der Waals surface area contributed by atoms with E-state index in [0.717, 1.165) is 29.6 Å². The lowest BCUT2D eigenvalue weighted by atomic mass is 10.0. The van der Waals surface area contributed by atoms with Crippen LogP contribution in [0.3, 0.4) is 0 Å². The highest BCUT2D eigenvalue weighted by molar-refractivity contribution is 5.61. The molecule has 2 N–H and O–H groups in total. The number of hydrogen-bond acceptors (Lipinski definition) is 4. The number of aromatic nitrogens is 2. The zero-order valence-electron chi connectivity index (χ0n) is 12.7. The second-order valence-corrected chi connectivity index (χ2v) is 5.79. The van der Waals surface area contributed by atoms with Gasteiger partial charge >= 0.3 is 0 Å². The molecule has 0 bridgehead atoms. The second-order valence-electron chi connectivity index (χ2n) is 5.79. The van der Waals surface area contributed by atoms with Gasteiger partial charge in [0, 0.05) is 25.2 Å². The molecule has 1 aliphatic rings. The maximum Gasteiger partial charge on any atom is 0.163 e. The first-order valence-electron chi connectivity index (χ1n) is 7.61. The molecular formula is C17H22N4. The third-order valence-corrected chi connectivity index (χ3v) is 4.37. The van der Waals surface area contributed by atoms with Crippen molar-refractivity contribution in [3.05, 3.63) is 36.4 Å². The average molecular weight is 282 g/mol. The van der Waals surface area contributed by atoms with E-state index in [1.165, 1.54) is 19.3 Å². The molecule has 21 heavy (non-hydrogen) atoms. The summed E-state index contributed by atoms with van der Waals surface area (Å²) < 4.78 is 0. The number of nitrogens with one attached hydrogen (secondary N) is 2. The first kappa shape index (κ1) is 13.9. The molecule has 1 saturated carbocycles. The van der Waals surface area contributed by atoms with E-state index < -0.39 is 0 Å². The van der Waals surface area contributed by atoms with Crippen LogP contribution in [-0.4, -0.2) is 23.6 Å².